The van der Waals surface area contributed by atoms with Crippen LogP contribution >= 0.6 is 11.3 Å². The molecule has 0 aliphatic rings. The zero-order valence-corrected chi connectivity index (χ0v) is 18.8. The highest BCUT2D eigenvalue weighted by Gasteiger charge is 2.17. The summed E-state index contributed by atoms with van der Waals surface area (Å²) in [6, 6.07) is 8.69. The molecule has 7 nitrogen and oxygen atoms in total. The van der Waals surface area contributed by atoms with E-state index in [9.17, 15) is 13.2 Å². The summed E-state index contributed by atoms with van der Waals surface area (Å²) in [7, 11) is -3.69. The first-order valence-electron chi connectivity index (χ1n) is 9.33. The van der Waals surface area contributed by atoms with Gasteiger partial charge in [0.2, 0.25) is 5.91 Å². The summed E-state index contributed by atoms with van der Waals surface area (Å²) in [6.45, 7) is 7.40. The molecule has 2 N–H and O–H groups in total. The Morgan fingerprint density at radius 1 is 1.13 bits per heavy atom. The number of carbonyl (C=O) groups is 1. The minimum absolute atomic E-state index is 0.141. The van der Waals surface area contributed by atoms with Crippen LogP contribution in [-0.2, 0) is 14.8 Å². The van der Waals surface area contributed by atoms with Crippen LogP contribution < -0.4 is 10.0 Å². The Balaban J connectivity index is 1.78. The van der Waals surface area contributed by atoms with Gasteiger partial charge in [0.1, 0.15) is 15.6 Å². The van der Waals surface area contributed by atoms with E-state index in [1.54, 1.807) is 50.3 Å². The molecule has 0 fully saturated rings. The summed E-state index contributed by atoms with van der Waals surface area (Å²) in [4.78, 5) is 12.4. The van der Waals surface area contributed by atoms with Crippen molar-refractivity contribution >= 4 is 50.8 Å². The molecule has 0 spiro atoms. The van der Waals surface area contributed by atoms with Crippen LogP contribution in [0, 0.1) is 20.8 Å². The number of sulfonamides is 1. The van der Waals surface area contributed by atoms with Crippen molar-refractivity contribution in [1.29, 1.82) is 0 Å². The number of aromatic nitrogens is 1. The van der Waals surface area contributed by atoms with Gasteiger partial charge in [-0.1, -0.05) is 18.1 Å². The van der Waals surface area contributed by atoms with E-state index in [0.29, 0.717) is 29.2 Å². The third-order valence-electron chi connectivity index (χ3n) is 4.50. The molecule has 3 aromatic rings. The maximum Gasteiger partial charge on any atom is 0.271 e. The molecule has 0 aliphatic carbocycles. The van der Waals surface area contributed by atoms with Crippen molar-refractivity contribution in [1.82, 2.24) is 5.16 Å². The van der Waals surface area contributed by atoms with Crippen LogP contribution in [0.4, 0.5) is 11.4 Å². The molecule has 2 aromatic heterocycles. The topological polar surface area (TPSA) is 101 Å². The lowest BCUT2D eigenvalue weighted by Gasteiger charge is -2.08. The Hall–Kier alpha value is -2.91. The predicted octanol–water partition coefficient (Wildman–Crippen LogP) is 4.98. The molecule has 0 atom stereocenters. The van der Waals surface area contributed by atoms with Crippen molar-refractivity contribution in [2.24, 2.45) is 0 Å². The highest BCUT2D eigenvalue weighted by atomic mass is 32.2. The lowest BCUT2D eigenvalue weighted by Crippen LogP contribution is -2.11. The van der Waals surface area contributed by atoms with Gasteiger partial charge in [-0.15, -0.1) is 11.3 Å². The molecule has 0 unspecified atom stereocenters. The van der Waals surface area contributed by atoms with Crippen LogP contribution in [0.25, 0.3) is 12.2 Å². The molecule has 3 rings (SSSR count). The molecular formula is C21H23N3O4S2. The first-order chi connectivity index (χ1) is 14.2. The Morgan fingerprint density at radius 3 is 2.60 bits per heavy atom. The molecule has 9 heteroatoms. The number of benzene rings is 1. The average Bonchev–Trinajstić information content (AvgIpc) is 3.31. The fourth-order valence-corrected chi connectivity index (χ4v) is 4.90. The number of carbonyl (C=O) groups excluding carboxylic acids is 1. The zero-order valence-electron chi connectivity index (χ0n) is 17.1. The van der Waals surface area contributed by atoms with Crippen molar-refractivity contribution < 1.29 is 17.7 Å². The normalized spacial score (nSPS) is 11.7. The quantitative estimate of drug-likeness (QED) is 0.534. The molecule has 30 heavy (non-hydrogen) atoms. The first kappa shape index (κ1) is 21.8. The van der Waals surface area contributed by atoms with Crippen molar-refractivity contribution in [2.75, 3.05) is 10.0 Å². The average molecular weight is 446 g/mol. The summed E-state index contributed by atoms with van der Waals surface area (Å²) >= 11 is 1.13. The first-order valence-corrected chi connectivity index (χ1v) is 11.6. The molecule has 2 heterocycles. The van der Waals surface area contributed by atoms with Crippen molar-refractivity contribution in [3.63, 3.8) is 0 Å². The highest BCUT2D eigenvalue weighted by molar-refractivity contribution is 7.94. The van der Waals surface area contributed by atoms with Crippen LogP contribution in [0.2, 0.25) is 0 Å². The molecule has 0 bridgehead atoms. The second-order valence-electron chi connectivity index (χ2n) is 6.80. The van der Waals surface area contributed by atoms with E-state index < -0.39 is 10.0 Å². The number of aryl methyl sites for hydroxylation is 3. The summed E-state index contributed by atoms with van der Waals surface area (Å²) < 4.78 is 33.5. The Morgan fingerprint density at radius 2 is 1.90 bits per heavy atom. The maximum atomic E-state index is 12.7. The van der Waals surface area contributed by atoms with Gasteiger partial charge >= 0.3 is 0 Å². The third kappa shape index (κ3) is 4.98. The fourth-order valence-electron chi connectivity index (χ4n) is 2.62. The molecule has 158 valence electrons. The summed E-state index contributed by atoms with van der Waals surface area (Å²) in [6.07, 6.45) is 3.72. The fraction of sp³-hybridized carbons (Fsp3) is 0.238. The van der Waals surface area contributed by atoms with Gasteiger partial charge in [0.15, 0.2) is 5.76 Å². The zero-order chi connectivity index (χ0) is 21.9. The Bertz CT molecular complexity index is 1210. The number of rotatable bonds is 7. The van der Waals surface area contributed by atoms with E-state index in [4.69, 9.17) is 4.52 Å². The van der Waals surface area contributed by atoms with Crippen molar-refractivity contribution in [3.05, 3.63) is 57.8 Å². The number of hydrogen-bond acceptors (Lipinski definition) is 6. The number of nitrogens with zero attached hydrogens (tertiary/aromatic N) is 1. The van der Waals surface area contributed by atoms with E-state index in [0.717, 1.165) is 27.3 Å². The number of anilines is 2. The molecule has 0 saturated carbocycles. The van der Waals surface area contributed by atoms with E-state index in [-0.39, 0.29) is 10.1 Å². The van der Waals surface area contributed by atoms with Crippen molar-refractivity contribution in [3.8, 4) is 0 Å². The van der Waals surface area contributed by atoms with Crippen LogP contribution in [0.1, 0.15) is 40.8 Å². The summed E-state index contributed by atoms with van der Waals surface area (Å²) in [5, 5.41) is 6.64. The highest BCUT2D eigenvalue weighted by Crippen LogP contribution is 2.28. The second-order valence-corrected chi connectivity index (χ2v) is 9.83. The van der Waals surface area contributed by atoms with E-state index in [1.165, 1.54) is 0 Å². The summed E-state index contributed by atoms with van der Waals surface area (Å²) in [5.74, 6) is 0.262. The minimum atomic E-state index is -3.69. The molecule has 1 amide bonds. The van der Waals surface area contributed by atoms with Gasteiger partial charge in [0, 0.05) is 17.0 Å². The molecule has 0 radical (unpaired) electrons. The number of amides is 1. The van der Waals surface area contributed by atoms with Gasteiger partial charge in [0.05, 0.1) is 0 Å². The van der Waals surface area contributed by atoms with Gasteiger partial charge in [-0.2, -0.15) is 0 Å². The molecular weight excluding hydrogens is 422 g/mol. The number of hydrogen-bond donors (Lipinski definition) is 2. The molecule has 1 aromatic carbocycles. The van der Waals surface area contributed by atoms with Crippen LogP contribution in [0.15, 0.2) is 39.1 Å². The SMILES string of the molecule is CCC(=O)Nc1c(C)noc1C=Cc1ccc(S(=O)(=O)Nc2ccc(C)c(C)c2)s1. The largest absolute Gasteiger partial charge is 0.354 e. The van der Waals surface area contributed by atoms with Crippen LogP contribution in [0.5, 0.6) is 0 Å². The lowest BCUT2D eigenvalue weighted by atomic mass is 10.1. The predicted molar refractivity (Wildman–Crippen MR) is 120 cm³/mol. The monoisotopic (exact) mass is 445 g/mol. The van der Waals surface area contributed by atoms with Gasteiger partial charge in [-0.05, 0) is 68.3 Å². The van der Waals surface area contributed by atoms with Gasteiger partial charge in [0.25, 0.3) is 10.0 Å². The summed E-state index contributed by atoms with van der Waals surface area (Å²) in [5.41, 5.74) is 3.72. The molecule has 0 saturated heterocycles. The van der Waals surface area contributed by atoms with Gasteiger partial charge in [-0.3, -0.25) is 9.52 Å². The third-order valence-corrected chi connectivity index (χ3v) is 7.42. The number of thiophene rings is 1. The maximum absolute atomic E-state index is 12.7. The van der Waals surface area contributed by atoms with Gasteiger partial charge < -0.3 is 9.84 Å². The van der Waals surface area contributed by atoms with Crippen LogP contribution in [0.3, 0.4) is 0 Å². The van der Waals surface area contributed by atoms with Crippen molar-refractivity contribution in [2.45, 2.75) is 38.3 Å². The second kappa shape index (κ2) is 8.85. The van der Waals surface area contributed by atoms with E-state index >= 15 is 0 Å². The minimum Gasteiger partial charge on any atom is -0.354 e. The van der Waals surface area contributed by atoms with E-state index in [2.05, 4.69) is 15.2 Å². The smallest absolute Gasteiger partial charge is 0.271 e. The lowest BCUT2D eigenvalue weighted by molar-refractivity contribution is -0.115. The molecule has 0 aliphatic heterocycles. The Labute approximate surface area is 179 Å². The standard InChI is InChI=1S/C21H23N3O4S2/c1-5-19(25)22-21-15(4)23-28-18(21)10-8-17-9-11-20(29-17)30(26,27)24-16-7-6-13(2)14(3)12-16/h6-12,24H,5H2,1-4H3,(H,22,25). The van der Waals surface area contributed by atoms with Gasteiger partial charge in [-0.25, -0.2) is 8.42 Å². The van der Waals surface area contributed by atoms with E-state index in [1.807, 2.05) is 19.9 Å². The van der Waals surface area contributed by atoms with Crippen LogP contribution in [-0.4, -0.2) is 19.5 Å². The number of nitrogens with one attached hydrogen (secondary N) is 2. The Kier molecular flexibility index (Phi) is 6.42.